The van der Waals surface area contributed by atoms with Crippen LogP contribution in [0, 0.1) is 10.1 Å². The first-order valence-electron chi connectivity index (χ1n) is 8.26. The molecule has 2 aromatic heterocycles. The maximum atomic E-state index is 13.0. The summed E-state index contributed by atoms with van der Waals surface area (Å²) in [5.41, 5.74) is 2.31. The van der Waals surface area contributed by atoms with Gasteiger partial charge in [-0.1, -0.05) is 24.3 Å². The molecule has 0 spiro atoms. The molecule has 2 aromatic carbocycles. The van der Waals surface area contributed by atoms with E-state index in [0.717, 1.165) is 10.9 Å². The number of benzene rings is 2. The molecule has 2 heterocycles. The van der Waals surface area contributed by atoms with Crippen molar-refractivity contribution in [2.45, 2.75) is 13.5 Å². The fourth-order valence-corrected chi connectivity index (χ4v) is 3.20. The summed E-state index contributed by atoms with van der Waals surface area (Å²) in [6.07, 6.45) is 0. The van der Waals surface area contributed by atoms with E-state index in [9.17, 15) is 14.9 Å². The van der Waals surface area contributed by atoms with Crippen LogP contribution < -0.4 is 5.56 Å². The lowest BCUT2D eigenvalue weighted by molar-refractivity contribution is -0.384. The van der Waals surface area contributed by atoms with Crippen molar-refractivity contribution < 1.29 is 4.92 Å². The lowest BCUT2D eigenvalue weighted by Gasteiger charge is -2.11. The third kappa shape index (κ3) is 2.52. The van der Waals surface area contributed by atoms with Crippen LogP contribution in [0.2, 0.25) is 0 Å². The summed E-state index contributed by atoms with van der Waals surface area (Å²) in [5, 5.41) is 12.7. The van der Waals surface area contributed by atoms with E-state index in [0.29, 0.717) is 28.7 Å². The summed E-state index contributed by atoms with van der Waals surface area (Å²) < 4.78 is 1.62. The summed E-state index contributed by atoms with van der Waals surface area (Å²) in [4.78, 5) is 28.2. The van der Waals surface area contributed by atoms with Crippen LogP contribution in [0.25, 0.3) is 33.1 Å². The number of pyridine rings is 2. The van der Waals surface area contributed by atoms with Gasteiger partial charge >= 0.3 is 0 Å². The van der Waals surface area contributed by atoms with Gasteiger partial charge in [-0.2, -0.15) is 0 Å². The molecule has 6 heteroatoms. The molecule has 0 aliphatic carbocycles. The van der Waals surface area contributed by atoms with Crippen LogP contribution in [0.5, 0.6) is 0 Å². The van der Waals surface area contributed by atoms with Gasteiger partial charge in [-0.25, -0.2) is 4.98 Å². The molecular weight excluding hydrogens is 330 g/mol. The van der Waals surface area contributed by atoms with Gasteiger partial charge in [-0.05, 0) is 31.2 Å². The van der Waals surface area contributed by atoms with E-state index < -0.39 is 4.92 Å². The first kappa shape index (κ1) is 16.0. The van der Waals surface area contributed by atoms with E-state index in [2.05, 4.69) is 4.98 Å². The van der Waals surface area contributed by atoms with Crippen LogP contribution >= 0.6 is 0 Å². The summed E-state index contributed by atoms with van der Waals surface area (Å²) in [5.74, 6) is 0. The summed E-state index contributed by atoms with van der Waals surface area (Å²) in [6.45, 7) is 2.34. The Balaban J connectivity index is 2.02. The Labute approximate surface area is 148 Å². The summed E-state index contributed by atoms with van der Waals surface area (Å²) in [6, 6.07) is 17.6. The number of non-ortho nitro benzene ring substituents is 1. The van der Waals surface area contributed by atoms with Crippen molar-refractivity contribution in [1.82, 2.24) is 9.55 Å². The molecule has 0 aliphatic heterocycles. The summed E-state index contributed by atoms with van der Waals surface area (Å²) in [7, 11) is 0. The minimum Gasteiger partial charge on any atom is -0.308 e. The molecule has 4 rings (SSSR count). The van der Waals surface area contributed by atoms with E-state index in [-0.39, 0.29) is 11.2 Å². The minimum absolute atomic E-state index is 0.00350. The van der Waals surface area contributed by atoms with E-state index >= 15 is 0 Å². The molecule has 0 saturated heterocycles. The molecule has 0 unspecified atom stereocenters. The number of hydrogen-bond acceptors (Lipinski definition) is 4. The molecule has 0 bridgehead atoms. The van der Waals surface area contributed by atoms with Crippen LogP contribution in [-0.4, -0.2) is 14.5 Å². The molecule has 0 fully saturated rings. The zero-order chi connectivity index (χ0) is 18.3. The zero-order valence-corrected chi connectivity index (χ0v) is 14.0. The van der Waals surface area contributed by atoms with Gasteiger partial charge in [0, 0.05) is 29.4 Å². The highest BCUT2D eigenvalue weighted by molar-refractivity contribution is 5.87. The third-order valence-corrected chi connectivity index (χ3v) is 4.48. The third-order valence-electron chi connectivity index (χ3n) is 4.48. The molecule has 0 amide bonds. The van der Waals surface area contributed by atoms with Crippen LogP contribution in [0.4, 0.5) is 5.69 Å². The number of para-hydroxylation sites is 1. The molecule has 26 heavy (non-hydrogen) atoms. The highest BCUT2D eigenvalue weighted by atomic mass is 16.6. The number of hydrogen-bond donors (Lipinski definition) is 0. The van der Waals surface area contributed by atoms with E-state index in [1.807, 2.05) is 43.3 Å². The fourth-order valence-electron chi connectivity index (χ4n) is 3.20. The number of nitrogens with zero attached hydrogens (tertiary/aromatic N) is 3. The van der Waals surface area contributed by atoms with Crippen molar-refractivity contribution in [3.05, 3.63) is 81.1 Å². The molecule has 0 atom stereocenters. The van der Waals surface area contributed by atoms with Crippen molar-refractivity contribution in [2.24, 2.45) is 0 Å². The Kier molecular flexibility index (Phi) is 3.73. The number of aromatic nitrogens is 2. The maximum Gasteiger partial charge on any atom is 0.270 e. The topological polar surface area (TPSA) is 78.0 Å². The number of rotatable bonds is 3. The second-order valence-corrected chi connectivity index (χ2v) is 6.00. The Bertz CT molecular complexity index is 1230. The summed E-state index contributed by atoms with van der Waals surface area (Å²) >= 11 is 0. The van der Waals surface area contributed by atoms with Crippen molar-refractivity contribution in [2.75, 3.05) is 0 Å². The minimum atomic E-state index is -0.436. The Morgan fingerprint density at radius 2 is 1.85 bits per heavy atom. The Hall–Kier alpha value is -3.54. The molecule has 0 aliphatic rings. The number of nitro benzene ring substituents is 1. The van der Waals surface area contributed by atoms with Crippen LogP contribution in [0.15, 0.2) is 65.5 Å². The van der Waals surface area contributed by atoms with Crippen molar-refractivity contribution in [3.63, 3.8) is 0 Å². The quantitative estimate of drug-likeness (QED) is 0.413. The molecular formula is C20H15N3O3. The van der Waals surface area contributed by atoms with Gasteiger partial charge in [0.2, 0.25) is 0 Å². The number of nitro groups is 1. The van der Waals surface area contributed by atoms with Crippen molar-refractivity contribution in [3.8, 4) is 11.3 Å². The number of fused-ring (bicyclic) bond motifs is 2. The van der Waals surface area contributed by atoms with Gasteiger partial charge in [0.15, 0.2) is 0 Å². The molecule has 128 valence electrons. The van der Waals surface area contributed by atoms with Gasteiger partial charge in [-0.15, -0.1) is 0 Å². The molecule has 0 saturated carbocycles. The predicted molar refractivity (Wildman–Crippen MR) is 101 cm³/mol. The second-order valence-electron chi connectivity index (χ2n) is 6.00. The van der Waals surface area contributed by atoms with Crippen molar-refractivity contribution in [1.29, 1.82) is 0 Å². The average Bonchev–Trinajstić information content (AvgIpc) is 2.66. The van der Waals surface area contributed by atoms with Crippen LogP contribution in [0.3, 0.4) is 0 Å². The molecule has 0 N–H and O–H groups in total. The lowest BCUT2D eigenvalue weighted by atomic mass is 10.1. The van der Waals surface area contributed by atoms with Gasteiger partial charge in [0.25, 0.3) is 11.2 Å². The van der Waals surface area contributed by atoms with Gasteiger partial charge < -0.3 is 4.57 Å². The van der Waals surface area contributed by atoms with Crippen LogP contribution in [0.1, 0.15) is 6.92 Å². The Morgan fingerprint density at radius 3 is 2.62 bits per heavy atom. The van der Waals surface area contributed by atoms with Gasteiger partial charge in [0.1, 0.15) is 0 Å². The highest BCUT2D eigenvalue weighted by Gasteiger charge is 2.14. The number of aryl methyl sites for hydroxylation is 1. The zero-order valence-electron chi connectivity index (χ0n) is 14.0. The molecule has 6 nitrogen and oxygen atoms in total. The standard InChI is InChI=1S/C20H15N3O3/c1-2-22-19-10-8-15(23(25)26)11-14(19)12-16(20(22)24)18-9-7-13-5-3-4-6-17(13)21-18/h3-12H,2H2,1H3. The van der Waals surface area contributed by atoms with Gasteiger partial charge in [0.05, 0.1) is 27.2 Å². The first-order valence-corrected chi connectivity index (χ1v) is 8.26. The van der Waals surface area contributed by atoms with Crippen molar-refractivity contribution >= 4 is 27.5 Å². The normalized spacial score (nSPS) is 11.1. The first-order chi connectivity index (χ1) is 12.6. The molecule has 0 radical (unpaired) electrons. The van der Waals surface area contributed by atoms with E-state index in [1.54, 1.807) is 16.7 Å². The average molecular weight is 345 g/mol. The molecule has 4 aromatic rings. The van der Waals surface area contributed by atoms with E-state index in [1.165, 1.54) is 12.1 Å². The maximum absolute atomic E-state index is 13.0. The van der Waals surface area contributed by atoms with E-state index in [4.69, 9.17) is 0 Å². The predicted octanol–water partition coefficient (Wildman–Crippen LogP) is 4.14. The fraction of sp³-hybridized carbons (Fsp3) is 0.100. The monoisotopic (exact) mass is 345 g/mol. The smallest absolute Gasteiger partial charge is 0.270 e. The van der Waals surface area contributed by atoms with Crippen LogP contribution in [-0.2, 0) is 6.54 Å². The van der Waals surface area contributed by atoms with Gasteiger partial charge in [-0.3, -0.25) is 14.9 Å². The Morgan fingerprint density at radius 1 is 1.04 bits per heavy atom. The lowest BCUT2D eigenvalue weighted by Crippen LogP contribution is -2.21. The SMILES string of the molecule is CCn1c(=O)c(-c2ccc3ccccc3n2)cc2cc([N+](=O)[O-])ccc21. The highest BCUT2D eigenvalue weighted by Crippen LogP contribution is 2.25. The second kappa shape index (κ2) is 6.07. The largest absolute Gasteiger partial charge is 0.308 e.